The molecule has 3 aliphatic rings. The normalized spacial score (nSPS) is 40.4. The van der Waals surface area contributed by atoms with Crippen molar-refractivity contribution < 1.29 is 10.2 Å². The van der Waals surface area contributed by atoms with Crippen molar-refractivity contribution in [2.45, 2.75) is 49.7 Å². The van der Waals surface area contributed by atoms with Crippen molar-refractivity contribution in [1.29, 1.82) is 0 Å². The van der Waals surface area contributed by atoms with Gasteiger partial charge in [0.15, 0.2) is 0 Å². The van der Waals surface area contributed by atoms with E-state index in [2.05, 4.69) is 11.4 Å². The van der Waals surface area contributed by atoms with Gasteiger partial charge >= 0.3 is 0 Å². The zero-order chi connectivity index (χ0) is 13.0. The van der Waals surface area contributed by atoms with Crippen LogP contribution in [0.25, 0.3) is 0 Å². The number of aliphatic hydroxyl groups excluding tert-OH is 1. The zero-order valence-electron chi connectivity index (χ0n) is 11.1. The average Bonchev–Trinajstić information content (AvgIpc) is 2.39. The van der Waals surface area contributed by atoms with Crippen molar-refractivity contribution in [3.63, 3.8) is 0 Å². The van der Waals surface area contributed by atoms with Crippen LogP contribution >= 0.6 is 0 Å². The second-order valence-electron chi connectivity index (χ2n) is 6.52. The highest BCUT2D eigenvalue weighted by atomic mass is 16.3. The molecular formula is C16H21NO2. The van der Waals surface area contributed by atoms with E-state index in [0.29, 0.717) is 17.7 Å². The van der Waals surface area contributed by atoms with E-state index in [1.54, 1.807) is 6.07 Å². The molecule has 1 heterocycles. The Morgan fingerprint density at radius 3 is 3.05 bits per heavy atom. The first-order valence-electron chi connectivity index (χ1n) is 7.43. The molecule has 4 rings (SSSR count). The molecule has 19 heavy (non-hydrogen) atoms. The fourth-order valence-corrected chi connectivity index (χ4v) is 4.95. The maximum atomic E-state index is 10.2. The Hall–Kier alpha value is -1.06. The Labute approximate surface area is 113 Å². The summed E-state index contributed by atoms with van der Waals surface area (Å²) in [5, 5.41) is 24.0. The molecule has 2 aliphatic carbocycles. The van der Waals surface area contributed by atoms with Gasteiger partial charge in [-0.15, -0.1) is 0 Å². The van der Waals surface area contributed by atoms with Gasteiger partial charge in [0.05, 0.1) is 6.10 Å². The van der Waals surface area contributed by atoms with E-state index in [4.69, 9.17) is 0 Å². The Balaban J connectivity index is 1.91. The highest BCUT2D eigenvalue weighted by Crippen LogP contribution is 2.54. The molecule has 2 fully saturated rings. The number of aromatic hydroxyl groups is 1. The van der Waals surface area contributed by atoms with Crippen LogP contribution in [0.2, 0.25) is 0 Å². The Morgan fingerprint density at radius 1 is 1.26 bits per heavy atom. The van der Waals surface area contributed by atoms with Crippen LogP contribution in [-0.4, -0.2) is 28.9 Å². The molecule has 0 radical (unpaired) electrons. The molecule has 3 nitrogen and oxygen atoms in total. The van der Waals surface area contributed by atoms with Crippen molar-refractivity contribution in [3.05, 3.63) is 29.3 Å². The first-order valence-corrected chi connectivity index (χ1v) is 7.43. The van der Waals surface area contributed by atoms with Gasteiger partial charge in [0.1, 0.15) is 5.75 Å². The third-order valence-electron chi connectivity index (χ3n) is 5.70. The van der Waals surface area contributed by atoms with Crippen LogP contribution in [0.3, 0.4) is 0 Å². The standard InChI is InChI=1S/C16H21NO2/c18-10-4-5-13-14-8-11-12(2-1-3-15(11)19)16(13,9-10)6-7-17-14/h1-3,10,13-14,17-19H,4-9H2/t10-,13-,14+,16+/m0/s1. The molecular weight excluding hydrogens is 238 g/mol. The number of phenolic OH excluding ortho intramolecular Hbond substituents is 1. The fourth-order valence-electron chi connectivity index (χ4n) is 4.95. The van der Waals surface area contributed by atoms with Crippen LogP contribution in [0.4, 0.5) is 0 Å². The maximum absolute atomic E-state index is 10.2. The van der Waals surface area contributed by atoms with E-state index in [1.807, 2.05) is 6.07 Å². The summed E-state index contributed by atoms with van der Waals surface area (Å²) in [7, 11) is 0. The number of rotatable bonds is 0. The van der Waals surface area contributed by atoms with E-state index in [0.717, 1.165) is 44.2 Å². The summed E-state index contributed by atoms with van der Waals surface area (Å²) in [6, 6.07) is 6.41. The smallest absolute Gasteiger partial charge is 0.119 e. The molecule has 1 aromatic rings. The molecule has 4 atom stereocenters. The molecule has 0 aromatic heterocycles. The van der Waals surface area contributed by atoms with Gasteiger partial charge in [-0.05, 0) is 61.8 Å². The zero-order valence-corrected chi connectivity index (χ0v) is 11.1. The van der Waals surface area contributed by atoms with Crippen LogP contribution in [0.5, 0.6) is 5.75 Å². The number of nitrogens with one attached hydrogen (secondary N) is 1. The molecule has 3 heteroatoms. The largest absolute Gasteiger partial charge is 0.508 e. The molecule has 0 spiro atoms. The van der Waals surface area contributed by atoms with Crippen LogP contribution in [-0.2, 0) is 11.8 Å². The Bertz CT molecular complexity index is 515. The van der Waals surface area contributed by atoms with E-state index in [9.17, 15) is 10.2 Å². The van der Waals surface area contributed by atoms with E-state index >= 15 is 0 Å². The van der Waals surface area contributed by atoms with Crippen molar-refractivity contribution in [1.82, 2.24) is 5.32 Å². The van der Waals surface area contributed by atoms with Crippen LogP contribution in [0.15, 0.2) is 18.2 Å². The monoisotopic (exact) mass is 259 g/mol. The first kappa shape index (κ1) is 11.7. The predicted molar refractivity (Wildman–Crippen MR) is 73.2 cm³/mol. The highest BCUT2D eigenvalue weighted by Gasteiger charge is 2.53. The van der Waals surface area contributed by atoms with Crippen LogP contribution < -0.4 is 5.32 Å². The number of fused-ring (bicyclic) bond motifs is 1. The Kier molecular flexibility index (Phi) is 2.45. The third kappa shape index (κ3) is 1.52. The summed E-state index contributed by atoms with van der Waals surface area (Å²) in [5.74, 6) is 1.06. The van der Waals surface area contributed by atoms with Gasteiger partial charge in [0, 0.05) is 11.5 Å². The number of hydrogen-bond acceptors (Lipinski definition) is 3. The van der Waals surface area contributed by atoms with Gasteiger partial charge in [0.25, 0.3) is 0 Å². The van der Waals surface area contributed by atoms with Gasteiger partial charge in [0.2, 0.25) is 0 Å². The van der Waals surface area contributed by atoms with Crippen molar-refractivity contribution in [2.24, 2.45) is 5.92 Å². The molecule has 1 saturated carbocycles. The summed E-state index contributed by atoms with van der Waals surface area (Å²) in [6.07, 6.45) is 4.74. The highest BCUT2D eigenvalue weighted by molar-refractivity contribution is 5.48. The number of aliphatic hydroxyl groups is 1. The molecule has 1 aliphatic heterocycles. The minimum absolute atomic E-state index is 0.0971. The lowest BCUT2D eigenvalue weighted by Crippen LogP contribution is -2.61. The lowest BCUT2D eigenvalue weighted by atomic mass is 9.52. The maximum Gasteiger partial charge on any atom is 0.119 e. The third-order valence-corrected chi connectivity index (χ3v) is 5.70. The summed E-state index contributed by atoms with van der Waals surface area (Å²) < 4.78 is 0. The van der Waals surface area contributed by atoms with Gasteiger partial charge in [-0.1, -0.05) is 12.1 Å². The summed E-state index contributed by atoms with van der Waals surface area (Å²) >= 11 is 0. The minimum atomic E-state index is -0.178. The molecule has 102 valence electrons. The van der Waals surface area contributed by atoms with Gasteiger partial charge in [-0.2, -0.15) is 0 Å². The number of benzene rings is 1. The molecule has 1 saturated heterocycles. The summed E-state index contributed by atoms with van der Waals surface area (Å²) in [5.41, 5.74) is 2.53. The second kappa shape index (κ2) is 3.97. The van der Waals surface area contributed by atoms with E-state index in [1.165, 1.54) is 5.56 Å². The molecule has 0 amide bonds. The fraction of sp³-hybridized carbons (Fsp3) is 0.625. The molecule has 1 aromatic carbocycles. The van der Waals surface area contributed by atoms with Gasteiger partial charge in [-0.3, -0.25) is 0 Å². The SMILES string of the molecule is Oc1cccc2c1C[C@H]1NCC[C@@]23C[C@@H](O)CC[C@@H]13. The minimum Gasteiger partial charge on any atom is -0.508 e. The number of piperidine rings is 1. The average molecular weight is 259 g/mol. The van der Waals surface area contributed by atoms with Gasteiger partial charge in [-0.25, -0.2) is 0 Å². The van der Waals surface area contributed by atoms with E-state index in [-0.39, 0.29) is 11.5 Å². The second-order valence-corrected chi connectivity index (χ2v) is 6.52. The first-order chi connectivity index (χ1) is 9.21. The predicted octanol–water partition coefficient (Wildman–Crippen LogP) is 1.71. The summed E-state index contributed by atoms with van der Waals surface area (Å²) in [6.45, 7) is 1.03. The quantitative estimate of drug-likeness (QED) is 0.665. The number of hydrogen-bond donors (Lipinski definition) is 3. The molecule has 2 bridgehead atoms. The lowest BCUT2D eigenvalue weighted by molar-refractivity contribution is 0.00342. The van der Waals surface area contributed by atoms with Crippen molar-refractivity contribution in [3.8, 4) is 5.75 Å². The lowest BCUT2D eigenvalue weighted by Gasteiger charge is -2.56. The van der Waals surface area contributed by atoms with Crippen LogP contribution in [0, 0.1) is 5.92 Å². The number of phenols is 1. The van der Waals surface area contributed by atoms with Crippen LogP contribution in [0.1, 0.15) is 36.8 Å². The Morgan fingerprint density at radius 2 is 2.16 bits per heavy atom. The molecule has 3 N–H and O–H groups in total. The van der Waals surface area contributed by atoms with Crippen molar-refractivity contribution >= 4 is 0 Å². The summed E-state index contributed by atoms with van der Waals surface area (Å²) in [4.78, 5) is 0. The van der Waals surface area contributed by atoms with Crippen molar-refractivity contribution in [2.75, 3.05) is 6.54 Å². The van der Waals surface area contributed by atoms with Gasteiger partial charge < -0.3 is 15.5 Å². The van der Waals surface area contributed by atoms with E-state index < -0.39 is 0 Å². The molecule has 0 unspecified atom stereocenters. The topological polar surface area (TPSA) is 52.5 Å².